The Morgan fingerprint density at radius 3 is 2.44 bits per heavy atom. The molecule has 32 heavy (non-hydrogen) atoms. The van der Waals surface area contributed by atoms with E-state index < -0.39 is 24.3 Å². The molecule has 0 fully saturated rings. The summed E-state index contributed by atoms with van der Waals surface area (Å²) in [5.74, 6) is 0.202. The van der Waals surface area contributed by atoms with Gasteiger partial charge in [-0.25, -0.2) is 15.0 Å². The van der Waals surface area contributed by atoms with E-state index in [-0.39, 0.29) is 13.2 Å². The standard InChI is InChI=1S/C24H23ClN2O5/c1-3-30-23(28)26-27(24(29)31-4-2)22-20(16-9-12-17(25)13-10-16)21-18-8-6-5-7-15(18)11-14-19(21)32-22/h5-14,20,22H,3-4H2,1-2H3,(H,26,28)/t20-,22-/m0/s1. The molecule has 1 N–H and O–H groups in total. The van der Waals surface area contributed by atoms with E-state index in [9.17, 15) is 9.59 Å². The number of hydrazine groups is 1. The SMILES string of the molecule is CCOC(=O)NN(C(=O)OCC)[C@H]1Oc2ccc3ccccc3c2[C@@H]1c1ccc(Cl)cc1. The minimum atomic E-state index is -0.902. The molecule has 0 radical (unpaired) electrons. The van der Waals surface area contributed by atoms with Gasteiger partial charge >= 0.3 is 12.2 Å². The monoisotopic (exact) mass is 454 g/mol. The maximum absolute atomic E-state index is 12.8. The van der Waals surface area contributed by atoms with Gasteiger partial charge in [0.05, 0.1) is 19.1 Å². The van der Waals surface area contributed by atoms with Gasteiger partial charge in [0.2, 0.25) is 6.23 Å². The van der Waals surface area contributed by atoms with Crippen molar-refractivity contribution >= 4 is 34.6 Å². The molecule has 3 aromatic rings. The highest BCUT2D eigenvalue weighted by Gasteiger charge is 2.44. The van der Waals surface area contributed by atoms with Crippen molar-refractivity contribution in [1.82, 2.24) is 10.4 Å². The summed E-state index contributed by atoms with van der Waals surface area (Å²) in [6.07, 6.45) is -2.43. The van der Waals surface area contributed by atoms with Gasteiger partial charge in [-0.1, -0.05) is 54.1 Å². The van der Waals surface area contributed by atoms with Crippen molar-refractivity contribution in [1.29, 1.82) is 0 Å². The fourth-order valence-electron chi connectivity index (χ4n) is 3.91. The van der Waals surface area contributed by atoms with Crippen LogP contribution in [0.2, 0.25) is 5.02 Å². The second-order valence-electron chi connectivity index (χ2n) is 7.14. The molecule has 3 aromatic carbocycles. The number of carbonyl (C=O) groups excluding carboxylic acids is 2. The minimum absolute atomic E-state index is 0.133. The number of carbonyl (C=O) groups is 2. The largest absolute Gasteiger partial charge is 0.467 e. The molecule has 1 heterocycles. The summed E-state index contributed by atoms with van der Waals surface area (Å²) in [6.45, 7) is 3.65. The van der Waals surface area contributed by atoms with E-state index in [0.717, 1.165) is 26.9 Å². The zero-order valence-electron chi connectivity index (χ0n) is 17.7. The number of fused-ring (bicyclic) bond motifs is 3. The summed E-state index contributed by atoms with van der Waals surface area (Å²) in [5.41, 5.74) is 4.27. The first-order chi connectivity index (χ1) is 15.5. The topological polar surface area (TPSA) is 77.1 Å². The molecule has 8 heteroatoms. The van der Waals surface area contributed by atoms with Crippen LogP contribution in [0.3, 0.4) is 0 Å². The summed E-state index contributed by atoms with van der Waals surface area (Å²) in [6, 6.07) is 19.1. The van der Waals surface area contributed by atoms with Crippen LogP contribution >= 0.6 is 11.6 Å². The van der Waals surface area contributed by atoms with Crippen molar-refractivity contribution in [2.24, 2.45) is 0 Å². The molecule has 1 aliphatic heterocycles. The molecule has 0 saturated carbocycles. The molecule has 0 saturated heterocycles. The van der Waals surface area contributed by atoms with Crippen LogP contribution in [0.5, 0.6) is 5.75 Å². The highest BCUT2D eigenvalue weighted by atomic mass is 35.5. The third-order valence-corrected chi connectivity index (χ3v) is 5.46. The van der Waals surface area contributed by atoms with Gasteiger partial charge < -0.3 is 14.2 Å². The molecule has 166 valence electrons. The molecule has 2 amide bonds. The van der Waals surface area contributed by atoms with Gasteiger partial charge in [0.1, 0.15) is 5.75 Å². The number of ether oxygens (including phenoxy) is 3. The lowest BCUT2D eigenvalue weighted by atomic mass is 9.87. The van der Waals surface area contributed by atoms with Crippen LogP contribution in [0.1, 0.15) is 30.9 Å². The third kappa shape index (κ3) is 4.16. The van der Waals surface area contributed by atoms with Crippen LogP contribution < -0.4 is 10.2 Å². The van der Waals surface area contributed by atoms with Gasteiger partial charge in [0, 0.05) is 10.6 Å². The maximum Gasteiger partial charge on any atom is 0.432 e. The van der Waals surface area contributed by atoms with Gasteiger partial charge in [-0.15, -0.1) is 0 Å². The molecule has 0 spiro atoms. The number of nitrogens with zero attached hydrogens (tertiary/aromatic N) is 1. The number of hydrogen-bond acceptors (Lipinski definition) is 5. The second kappa shape index (κ2) is 9.36. The Labute approximate surface area is 190 Å². The smallest absolute Gasteiger partial charge is 0.432 e. The predicted octanol–water partition coefficient (Wildman–Crippen LogP) is 5.46. The molecular formula is C24H23ClN2O5. The lowest BCUT2D eigenvalue weighted by Crippen LogP contribution is -2.55. The molecule has 0 aromatic heterocycles. The first-order valence-electron chi connectivity index (χ1n) is 10.4. The van der Waals surface area contributed by atoms with E-state index in [1.807, 2.05) is 48.5 Å². The summed E-state index contributed by atoms with van der Waals surface area (Å²) in [5, 5.41) is 3.67. The van der Waals surface area contributed by atoms with Crippen LogP contribution in [0, 0.1) is 0 Å². The Morgan fingerprint density at radius 2 is 1.72 bits per heavy atom. The van der Waals surface area contributed by atoms with Crippen LogP contribution in [-0.2, 0) is 9.47 Å². The van der Waals surface area contributed by atoms with Crippen LogP contribution in [-0.4, -0.2) is 36.6 Å². The average molecular weight is 455 g/mol. The maximum atomic E-state index is 12.8. The molecule has 0 unspecified atom stereocenters. The Kier molecular flexibility index (Phi) is 6.37. The van der Waals surface area contributed by atoms with Crippen molar-refractivity contribution in [3.63, 3.8) is 0 Å². The fraction of sp³-hybridized carbons (Fsp3) is 0.250. The number of nitrogens with one attached hydrogen (secondary N) is 1. The third-order valence-electron chi connectivity index (χ3n) is 5.21. The molecular weight excluding hydrogens is 432 g/mol. The first-order valence-corrected chi connectivity index (χ1v) is 10.7. The average Bonchev–Trinajstić information content (AvgIpc) is 3.18. The van der Waals surface area contributed by atoms with Crippen molar-refractivity contribution in [2.75, 3.05) is 13.2 Å². The van der Waals surface area contributed by atoms with Crippen molar-refractivity contribution in [2.45, 2.75) is 26.0 Å². The van der Waals surface area contributed by atoms with Gasteiger partial charge in [0.15, 0.2) is 0 Å². The summed E-state index contributed by atoms with van der Waals surface area (Å²) in [7, 11) is 0. The minimum Gasteiger partial charge on any atom is -0.467 e. The lowest BCUT2D eigenvalue weighted by Gasteiger charge is -2.31. The van der Waals surface area contributed by atoms with Crippen LogP contribution in [0.25, 0.3) is 10.8 Å². The molecule has 4 rings (SSSR count). The Bertz CT molecular complexity index is 1130. The summed E-state index contributed by atoms with van der Waals surface area (Å²) >= 11 is 6.12. The predicted molar refractivity (Wildman–Crippen MR) is 121 cm³/mol. The highest BCUT2D eigenvalue weighted by Crippen LogP contribution is 2.47. The molecule has 0 bridgehead atoms. The molecule has 0 aliphatic carbocycles. The second-order valence-corrected chi connectivity index (χ2v) is 7.57. The zero-order valence-corrected chi connectivity index (χ0v) is 18.5. The van der Waals surface area contributed by atoms with Crippen molar-refractivity contribution < 1.29 is 23.8 Å². The summed E-state index contributed by atoms with van der Waals surface area (Å²) < 4.78 is 16.4. The normalized spacial score (nSPS) is 16.7. The Balaban J connectivity index is 1.84. The van der Waals surface area contributed by atoms with E-state index in [1.165, 1.54) is 0 Å². The van der Waals surface area contributed by atoms with Gasteiger partial charge in [-0.3, -0.25) is 0 Å². The van der Waals surface area contributed by atoms with E-state index >= 15 is 0 Å². The van der Waals surface area contributed by atoms with Crippen molar-refractivity contribution in [3.05, 3.63) is 76.8 Å². The number of rotatable bonds is 4. The van der Waals surface area contributed by atoms with E-state index in [0.29, 0.717) is 10.8 Å². The molecule has 1 aliphatic rings. The van der Waals surface area contributed by atoms with E-state index in [2.05, 4.69) is 5.43 Å². The van der Waals surface area contributed by atoms with E-state index in [4.69, 9.17) is 25.8 Å². The quantitative estimate of drug-likeness (QED) is 0.529. The number of benzene rings is 3. The van der Waals surface area contributed by atoms with Gasteiger partial charge in [0.25, 0.3) is 0 Å². The van der Waals surface area contributed by atoms with Crippen molar-refractivity contribution in [3.8, 4) is 5.75 Å². The number of halogens is 1. The van der Waals surface area contributed by atoms with Crippen LogP contribution in [0.15, 0.2) is 60.7 Å². The molecule has 7 nitrogen and oxygen atoms in total. The zero-order chi connectivity index (χ0) is 22.7. The Morgan fingerprint density at radius 1 is 1.00 bits per heavy atom. The van der Waals surface area contributed by atoms with Crippen LogP contribution in [0.4, 0.5) is 9.59 Å². The number of hydrogen-bond donors (Lipinski definition) is 1. The molecule has 2 atom stereocenters. The Hall–Kier alpha value is -3.45. The summed E-state index contributed by atoms with van der Waals surface area (Å²) in [4.78, 5) is 25.1. The van der Waals surface area contributed by atoms with Gasteiger partial charge in [-0.05, 0) is 48.4 Å². The first kappa shape index (κ1) is 21.8. The van der Waals surface area contributed by atoms with Gasteiger partial charge in [-0.2, -0.15) is 5.01 Å². The van der Waals surface area contributed by atoms with E-state index in [1.54, 1.807) is 26.0 Å². The number of amides is 2. The lowest BCUT2D eigenvalue weighted by molar-refractivity contribution is -0.00887. The fourth-order valence-corrected chi connectivity index (χ4v) is 4.04. The highest BCUT2D eigenvalue weighted by molar-refractivity contribution is 6.30.